The van der Waals surface area contributed by atoms with Gasteiger partial charge in [-0.05, 0) is 37.5 Å². The van der Waals surface area contributed by atoms with E-state index < -0.39 is 0 Å². The second-order valence-electron chi connectivity index (χ2n) is 4.31. The van der Waals surface area contributed by atoms with Gasteiger partial charge in [-0.15, -0.1) is 0 Å². The zero-order valence-electron chi connectivity index (χ0n) is 9.91. The van der Waals surface area contributed by atoms with Crippen LogP contribution in [0.4, 0.5) is 0 Å². The minimum Gasteiger partial charge on any atom is -0.482 e. The van der Waals surface area contributed by atoms with Crippen LogP contribution in [0, 0.1) is 6.92 Å². The summed E-state index contributed by atoms with van der Waals surface area (Å²) in [6.07, 6.45) is 2.19. The van der Waals surface area contributed by atoms with Crippen molar-refractivity contribution in [2.45, 2.75) is 19.8 Å². The fourth-order valence-electron chi connectivity index (χ4n) is 1.92. The van der Waals surface area contributed by atoms with Gasteiger partial charge in [0.1, 0.15) is 5.75 Å². The summed E-state index contributed by atoms with van der Waals surface area (Å²) >= 11 is 5.99. The standard InChI is InChI=1S/C13H16ClNO2/c1-10-4-5-11(14)12(8-10)17-9-13(16)15-6-2-3-7-15/h4-5,8H,2-3,6-7,9H2,1H3. The quantitative estimate of drug-likeness (QED) is 0.829. The first kappa shape index (κ1) is 12.2. The molecule has 4 heteroatoms. The number of hydrogen-bond donors (Lipinski definition) is 0. The molecule has 0 spiro atoms. The Balaban J connectivity index is 1.92. The van der Waals surface area contributed by atoms with Gasteiger partial charge < -0.3 is 9.64 Å². The average Bonchev–Trinajstić information content (AvgIpc) is 2.83. The molecular weight excluding hydrogens is 238 g/mol. The minimum absolute atomic E-state index is 0.0417. The molecule has 1 amide bonds. The molecule has 0 aliphatic carbocycles. The molecule has 1 aromatic rings. The summed E-state index contributed by atoms with van der Waals surface area (Å²) < 4.78 is 5.47. The van der Waals surface area contributed by atoms with Gasteiger partial charge in [-0.3, -0.25) is 4.79 Å². The van der Waals surface area contributed by atoms with Gasteiger partial charge in [0, 0.05) is 13.1 Å². The molecule has 3 nitrogen and oxygen atoms in total. The Kier molecular flexibility index (Phi) is 3.89. The number of nitrogens with zero attached hydrogens (tertiary/aromatic N) is 1. The molecule has 17 heavy (non-hydrogen) atoms. The number of halogens is 1. The van der Waals surface area contributed by atoms with E-state index in [9.17, 15) is 4.79 Å². The number of carbonyl (C=O) groups is 1. The molecule has 0 N–H and O–H groups in total. The van der Waals surface area contributed by atoms with Crippen molar-refractivity contribution in [3.05, 3.63) is 28.8 Å². The molecular formula is C13H16ClNO2. The summed E-state index contributed by atoms with van der Waals surface area (Å²) in [4.78, 5) is 13.6. The van der Waals surface area contributed by atoms with Crippen LogP contribution >= 0.6 is 11.6 Å². The highest BCUT2D eigenvalue weighted by Crippen LogP contribution is 2.25. The van der Waals surface area contributed by atoms with Crippen LogP contribution in [0.5, 0.6) is 5.75 Å². The molecule has 1 fully saturated rings. The highest BCUT2D eigenvalue weighted by molar-refractivity contribution is 6.32. The third-order valence-electron chi connectivity index (χ3n) is 2.90. The Morgan fingerprint density at radius 1 is 1.41 bits per heavy atom. The number of hydrogen-bond acceptors (Lipinski definition) is 2. The molecule has 0 unspecified atom stereocenters. The van der Waals surface area contributed by atoms with Gasteiger partial charge in [0.15, 0.2) is 6.61 Å². The Morgan fingerprint density at radius 3 is 2.82 bits per heavy atom. The largest absolute Gasteiger partial charge is 0.482 e. The molecule has 1 saturated heterocycles. The van der Waals surface area contributed by atoms with E-state index in [-0.39, 0.29) is 12.5 Å². The second kappa shape index (κ2) is 5.41. The highest BCUT2D eigenvalue weighted by Gasteiger charge is 2.18. The first-order valence-corrected chi connectivity index (χ1v) is 6.21. The zero-order chi connectivity index (χ0) is 12.3. The SMILES string of the molecule is Cc1ccc(Cl)c(OCC(=O)N2CCCC2)c1. The maximum Gasteiger partial charge on any atom is 0.260 e. The van der Waals surface area contributed by atoms with E-state index in [1.54, 1.807) is 6.07 Å². The van der Waals surface area contributed by atoms with Gasteiger partial charge in [0.05, 0.1) is 5.02 Å². The predicted octanol–water partition coefficient (Wildman–Crippen LogP) is 2.65. The number of aryl methyl sites for hydroxylation is 1. The Morgan fingerprint density at radius 2 is 2.12 bits per heavy atom. The predicted molar refractivity (Wildman–Crippen MR) is 67.5 cm³/mol. The highest BCUT2D eigenvalue weighted by atomic mass is 35.5. The molecule has 0 aromatic heterocycles. The van der Waals surface area contributed by atoms with Crippen molar-refractivity contribution in [3.8, 4) is 5.75 Å². The van der Waals surface area contributed by atoms with Gasteiger partial charge in [0.2, 0.25) is 0 Å². The number of ether oxygens (including phenoxy) is 1. The fraction of sp³-hybridized carbons (Fsp3) is 0.462. The summed E-state index contributed by atoms with van der Waals surface area (Å²) in [5, 5.41) is 0.546. The van der Waals surface area contributed by atoms with Gasteiger partial charge in [-0.2, -0.15) is 0 Å². The lowest BCUT2D eigenvalue weighted by Gasteiger charge is -2.16. The van der Waals surface area contributed by atoms with Crippen molar-refractivity contribution in [2.75, 3.05) is 19.7 Å². The Bertz CT molecular complexity index is 414. The monoisotopic (exact) mass is 253 g/mol. The molecule has 0 atom stereocenters. The molecule has 0 bridgehead atoms. The number of rotatable bonds is 3. The lowest BCUT2D eigenvalue weighted by atomic mass is 10.2. The minimum atomic E-state index is 0.0417. The molecule has 1 aromatic carbocycles. The molecule has 0 saturated carbocycles. The van der Waals surface area contributed by atoms with Gasteiger partial charge in [-0.1, -0.05) is 17.7 Å². The summed E-state index contributed by atoms with van der Waals surface area (Å²) in [5.74, 6) is 0.624. The van der Waals surface area contributed by atoms with Crippen LogP contribution in [-0.4, -0.2) is 30.5 Å². The molecule has 0 radical (unpaired) electrons. The van der Waals surface area contributed by atoms with Crippen LogP contribution in [0.15, 0.2) is 18.2 Å². The van der Waals surface area contributed by atoms with Crippen LogP contribution in [0.3, 0.4) is 0 Å². The average molecular weight is 254 g/mol. The molecule has 92 valence electrons. The van der Waals surface area contributed by atoms with E-state index in [1.165, 1.54) is 0 Å². The zero-order valence-corrected chi connectivity index (χ0v) is 10.7. The van der Waals surface area contributed by atoms with Crippen LogP contribution < -0.4 is 4.74 Å². The molecule has 1 aliphatic rings. The van der Waals surface area contributed by atoms with Gasteiger partial charge in [0.25, 0.3) is 5.91 Å². The van der Waals surface area contributed by atoms with E-state index in [0.29, 0.717) is 10.8 Å². The van der Waals surface area contributed by atoms with Crippen LogP contribution in [0.25, 0.3) is 0 Å². The van der Waals surface area contributed by atoms with E-state index in [4.69, 9.17) is 16.3 Å². The van der Waals surface area contributed by atoms with Crippen LogP contribution in [0.1, 0.15) is 18.4 Å². The van der Waals surface area contributed by atoms with E-state index in [2.05, 4.69) is 0 Å². The Labute approximate surface area is 106 Å². The first-order valence-electron chi connectivity index (χ1n) is 5.83. The first-order chi connectivity index (χ1) is 8.16. The summed E-state index contributed by atoms with van der Waals surface area (Å²) in [7, 11) is 0. The molecule has 1 heterocycles. The van der Waals surface area contributed by atoms with Crippen molar-refractivity contribution in [2.24, 2.45) is 0 Å². The van der Waals surface area contributed by atoms with Crippen molar-refractivity contribution in [3.63, 3.8) is 0 Å². The topological polar surface area (TPSA) is 29.5 Å². The lowest BCUT2D eigenvalue weighted by Crippen LogP contribution is -2.32. The van der Waals surface area contributed by atoms with Crippen molar-refractivity contribution in [1.29, 1.82) is 0 Å². The Hall–Kier alpha value is -1.22. The maximum absolute atomic E-state index is 11.8. The van der Waals surface area contributed by atoms with Crippen LogP contribution in [0.2, 0.25) is 5.02 Å². The summed E-state index contributed by atoms with van der Waals surface area (Å²) in [6.45, 7) is 3.74. The molecule has 2 rings (SSSR count). The fourth-order valence-corrected chi connectivity index (χ4v) is 2.09. The maximum atomic E-state index is 11.8. The molecule has 1 aliphatic heterocycles. The smallest absolute Gasteiger partial charge is 0.260 e. The number of amides is 1. The number of carbonyl (C=O) groups excluding carboxylic acids is 1. The third kappa shape index (κ3) is 3.13. The van der Waals surface area contributed by atoms with E-state index >= 15 is 0 Å². The normalized spacial score (nSPS) is 15.1. The number of benzene rings is 1. The summed E-state index contributed by atoms with van der Waals surface area (Å²) in [6, 6.07) is 5.55. The van der Waals surface area contributed by atoms with E-state index in [0.717, 1.165) is 31.5 Å². The second-order valence-corrected chi connectivity index (χ2v) is 4.72. The van der Waals surface area contributed by atoms with Crippen LogP contribution in [-0.2, 0) is 4.79 Å². The van der Waals surface area contributed by atoms with Crippen molar-refractivity contribution >= 4 is 17.5 Å². The third-order valence-corrected chi connectivity index (χ3v) is 3.21. The van der Waals surface area contributed by atoms with Crippen molar-refractivity contribution in [1.82, 2.24) is 4.90 Å². The summed E-state index contributed by atoms with van der Waals surface area (Å²) in [5.41, 5.74) is 1.07. The van der Waals surface area contributed by atoms with E-state index in [1.807, 2.05) is 24.0 Å². The lowest BCUT2D eigenvalue weighted by molar-refractivity contribution is -0.132. The van der Waals surface area contributed by atoms with Crippen molar-refractivity contribution < 1.29 is 9.53 Å². The number of likely N-dealkylation sites (tertiary alicyclic amines) is 1. The van der Waals surface area contributed by atoms with Gasteiger partial charge >= 0.3 is 0 Å². The van der Waals surface area contributed by atoms with Gasteiger partial charge in [-0.25, -0.2) is 0 Å².